The number of aryl methyl sites for hydroxylation is 1. The summed E-state index contributed by atoms with van der Waals surface area (Å²) in [7, 11) is 0. The quantitative estimate of drug-likeness (QED) is 0.806. The minimum atomic E-state index is -0.235. The number of pyridine rings is 1. The molecular weight excluding hydrogens is 286 g/mol. The molecule has 0 aliphatic rings. The Labute approximate surface area is 137 Å². The summed E-state index contributed by atoms with van der Waals surface area (Å²) in [6.45, 7) is 7.91. The second-order valence-electron chi connectivity index (χ2n) is 5.79. The van der Waals surface area contributed by atoms with Crippen molar-refractivity contribution in [2.75, 3.05) is 6.54 Å². The fourth-order valence-corrected chi connectivity index (χ4v) is 2.49. The Kier molecular flexibility index (Phi) is 5.66. The summed E-state index contributed by atoms with van der Waals surface area (Å²) in [6, 6.07) is 12.0. The van der Waals surface area contributed by atoms with Gasteiger partial charge in [-0.2, -0.15) is 0 Å². The maximum Gasteiger partial charge on any atom is 0.234 e. The lowest BCUT2D eigenvalue weighted by Gasteiger charge is -2.21. The molecule has 4 heteroatoms. The number of rotatable bonds is 6. The number of amides is 1. The van der Waals surface area contributed by atoms with Crippen LogP contribution in [0.5, 0.6) is 0 Å². The van der Waals surface area contributed by atoms with E-state index in [2.05, 4.69) is 48.1 Å². The zero-order valence-corrected chi connectivity index (χ0v) is 13.7. The first-order chi connectivity index (χ1) is 11.0. The minimum Gasteiger partial charge on any atom is -0.346 e. The fraction of sp³-hybridized carbons (Fsp3) is 0.263. The van der Waals surface area contributed by atoms with Crippen LogP contribution in [0.15, 0.2) is 54.7 Å². The van der Waals surface area contributed by atoms with Crippen molar-refractivity contribution in [1.82, 2.24) is 10.3 Å². The lowest BCUT2D eigenvalue weighted by Crippen LogP contribution is -2.34. The molecule has 1 atom stereocenters. The maximum absolute atomic E-state index is 11.8. The smallest absolute Gasteiger partial charge is 0.234 e. The molecule has 0 fully saturated rings. The third kappa shape index (κ3) is 4.50. The van der Waals surface area contributed by atoms with Crippen molar-refractivity contribution in [3.63, 3.8) is 0 Å². The first kappa shape index (κ1) is 16.9. The normalized spacial score (nSPS) is 11.8. The van der Waals surface area contributed by atoms with Crippen molar-refractivity contribution < 1.29 is 4.79 Å². The molecule has 2 aromatic rings. The molecule has 0 aliphatic heterocycles. The summed E-state index contributed by atoms with van der Waals surface area (Å²) in [6.07, 6.45) is 2.37. The molecule has 23 heavy (non-hydrogen) atoms. The number of carbonyl (C=O) groups excluding carboxylic acids is 1. The first-order valence-electron chi connectivity index (χ1n) is 7.67. The van der Waals surface area contributed by atoms with E-state index in [0.29, 0.717) is 6.42 Å². The van der Waals surface area contributed by atoms with Crippen molar-refractivity contribution in [3.05, 3.63) is 66.0 Å². The third-order valence-corrected chi connectivity index (χ3v) is 3.60. The Hall–Kier alpha value is -2.46. The average molecular weight is 309 g/mol. The highest BCUT2D eigenvalue weighted by Crippen LogP contribution is 2.29. The minimum absolute atomic E-state index is 0.0423. The van der Waals surface area contributed by atoms with Gasteiger partial charge in [-0.25, -0.2) is 0 Å². The second-order valence-corrected chi connectivity index (χ2v) is 5.79. The number of aromatic nitrogens is 1. The summed E-state index contributed by atoms with van der Waals surface area (Å²) < 4.78 is 0. The number of hydrogen-bond acceptors (Lipinski definition) is 3. The lowest BCUT2D eigenvalue weighted by molar-refractivity contribution is -0.120. The van der Waals surface area contributed by atoms with Crippen LogP contribution >= 0.6 is 0 Å². The van der Waals surface area contributed by atoms with Crippen LogP contribution in [0.25, 0.3) is 11.1 Å². The van der Waals surface area contributed by atoms with Gasteiger partial charge in [0.1, 0.15) is 0 Å². The monoisotopic (exact) mass is 309 g/mol. The molecule has 2 rings (SSSR count). The van der Waals surface area contributed by atoms with E-state index in [1.54, 1.807) is 6.20 Å². The van der Waals surface area contributed by atoms with Gasteiger partial charge < -0.3 is 11.1 Å². The summed E-state index contributed by atoms with van der Waals surface area (Å²) in [5.74, 6) is -0.197. The standard InChI is InChI=1S/C19H23N3O/c1-13(2)11-17(22-18(23)12-20)19-16(5-4-10-21-19)15-8-6-14(3)7-9-15/h4-10,17H,1,11-12,20H2,2-3H3,(H,22,23). The number of nitrogens with two attached hydrogens (primary N) is 1. The van der Waals surface area contributed by atoms with Gasteiger partial charge in [0.15, 0.2) is 0 Å². The molecule has 1 heterocycles. The fourth-order valence-electron chi connectivity index (χ4n) is 2.49. The molecule has 0 aliphatic carbocycles. The molecule has 1 aromatic carbocycles. The van der Waals surface area contributed by atoms with E-state index in [1.807, 2.05) is 19.1 Å². The van der Waals surface area contributed by atoms with Gasteiger partial charge in [-0.1, -0.05) is 41.5 Å². The number of nitrogens with zero attached hydrogens (tertiary/aromatic N) is 1. The SMILES string of the molecule is C=C(C)CC(NC(=O)CN)c1ncccc1-c1ccc(C)cc1. The van der Waals surface area contributed by atoms with Crippen LogP contribution in [0.2, 0.25) is 0 Å². The molecule has 1 aromatic heterocycles. The molecule has 0 radical (unpaired) electrons. The van der Waals surface area contributed by atoms with Crippen molar-refractivity contribution in [2.24, 2.45) is 5.73 Å². The van der Waals surface area contributed by atoms with E-state index in [9.17, 15) is 4.79 Å². The van der Waals surface area contributed by atoms with E-state index < -0.39 is 0 Å². The number of hydrogen-bond donors (Lipinski definition) is 2. The summed E-state index contributed by atoms with van der Waals surface area (Å²) >= 11 is 0. The molecule has 1 amide bonds. The van der Waals surface area contributed by atoms with Gasteiger partial charge in [-0.15, -0.1) is 6.58 Å². The molecule has 4 nitrogen and oxygen atoms in total. The Morgan fingerprint density at radius 1 is 1.30 bits per heavy atom. The molecule has 0 spiro atoms. The van der Waals surface area contributed by atoms with Gasteiger partial charge in [-0.3, -0.25) is 9.78 Å². The van der Waals surface area contributed by atoms with Crippen LogP contribution in [0.3, 0.4) is 0 Å². The Morgan fingerprint density at radius 3 is 2.61 bits per heavy atom. The van der Waals surface area contributed by atoms with E-state index >= 15 is 0 Å². The van der Waals surface area contributed by atoms with Crippen LogP contribution < -0.4 is 11.1 Å². The van der Waals surface area contributed by atoms with E-state index in [4.69, 9.17) is 5.73 Å². The average Bonchev–Trinajstić information content (AvgIpc) is 2.54. The van der Waals surface area contributed by atoms with E-state index in [0.717, 1.165) is 22.4 Å². The van der Waals surface area contributed by atoms with Gasteiger partial charge in [0.2, 0.25) is 5.91 Å². The van der Waals surface area contributed by atoms with Gasteiger partial charge in [0.05, 0.1) is 18.3 Å². The van der Waals surface area contributed by atoms with Crippen LogP contribution in [-0.4, -0.2) is 17.4 Å². The summed E-state index contributed by atoms with van der Waals surface area (Å²) in [4.78, 5) is 16.3. The Balaban J connectivity index is 2.44. The second kappa shape index (κ2) is 7.70. The Morgan fingerprint density at radius 2 is 2.00 bits per heavy atom. The summed E-state index contributed by atoms with van der Waals surface area (Å²) in [5, 5.41) is 2.95. The maximum atomic E-state index is 11.8. The molecule has 1 unspecified atom stereocenters. The third-order valence-electron chi connectivity index (χ3n) is 3.60. The Bertz CT molecular complexity index is 692. The molecular formula is C19H23N3O. The van der Waals surface area contributed by atoms with Crippen LogP contribution in [-0.2, 0) is 4.79 Å². The van der Waals surface area contributed by atoms with Crippen molar-refractivity contribution in [1.29, 1.82) is 0 Å². The zero-order chi connectivity index (χ0) is 16.8. The lowest BCUT2D eigenvalue weighted by atomic mass is 9.96. The predicted octanol–water partition coefficient (Wildman–Crippen LogP) is 3.14. The van der Waals surface area contributed by atoms with Crippen molar-refractivity contribution in [2.45, 2.75) is 26.3 Å². The van der Waals surface area contributed by atoms with Gasteiger partial charge in [0.25, 0.3) is 0 Å². The van der Waals surface area contributed by atoms with Gasteiger partial charge in [0, 0.05) is 11.8 Å². The van der Waals surface area contributed by atoms with Crippen LogP contribution in [0.4, 0.5) is 0 Å². The molecule has 0 saturated carbocycles. The number of carbonyl (C=O) groups is 1. The predicted molar refractivity (Wildman–Crippen MR) is 93.8 cm³/mol. The van der Waals surface area contributed by atoms with E-state index in [-0.39, 0.29) is 18.5 Å². The first-order valence-corrected chi connectivity index (χ1v) is 7.67. The largest absolute Gasteiger partial charge is 0.346 e. The molecule has 0 bridgehead atoms. The van der Waals surface area contributed by atoms with Crippen LogP contribution in [0, 0.1) is 6.92 Å². The van der Waals surface area contributed by atoms with Crippen molar-refractivity contribution in [3.8, 4) is 11.1 Å². The van der Waals surface area contributed by atoms with E-state index in [1.165, 1.54) is 5.56 Å². The highest BCUT2D eigenvalue weighted by atomic mass is 16.1. The van der Waals surface area contributed by atoms with Crippen LogP contribution in [0.1, 0.15) is 30.6 Å². The highest BCUT2D eigenvalue weighted by Gasteiger charge is 2.19. The number of benzene rings is 1. The highest BCUT2D eigenvalue weighted by molar-refractivity contribution is 5.78. The van der Waals surface area contributed by atoms with Gasteiger partial charge >= 0.3 is 0 Å². The number of nitrogens with one attached hydrogen (secondary N) is 1. The van der Waals surface area contributed by atoms with Gasteiger partial charge in [-0.05, 0) is 31.9 Å². The molecule has 3 N–H and O–H groups in total. The summed E-state index contributed by atoms with van der Waals surface area (Å²) in [5.41, 5.74) is 10.5. The molecule has 0 saturated heterocycles. The topological polar surface area (TPSA) is 68.0 Å². The molecule has 120 valence electrons. The van der Waals surface area contributed by atoms with Crippen molar-refractivity contribution >= 4 is 5.91 Å². The zero-order valence-electron chi connectivity index (χ0n) is 13.7.